The molecule has 0 saturated heterocycles. The maximum Gasteiger partial charge on any atom is 0.122 e. The van der Waals surface area contributed by atoms with Gasteiger partial charge in [0.25, 0.3) is 0 Å². The Kier molecular flexibility index (Phi) is 11.7. The van der Waals surface area contributed by atoms with Gasteiger partial charge in [0, 0.05) is 0 Å². The smallest absolute Gasteiger partial charge is 0.122 e. The molecule has 1 N–H and O–H groups in total. The van der Waals surface area contributed by atoms with E-state index in [1.165, 1.54) is 70.6 Å². The fourth-order valence-corrected chi connectivity index (χ4v) is 3.57. The lowest BCUT2D eigenvalue weighted by Crippen LogP contribution is -1.97. The van der Waals surface area contributed by atoms with E-state index in [2.05, 4.69) is 39.0 Å². The van der Waals surface area contributed by atoms with E-state index in [-0.39, 0.29) is 0 Å². The minimum atomic E-state index is 0.468. The standard InChI is InChI=1S/C23H40O/c1-4-6-7-8-9-10-11-12-13-14-17-20(3)22-19-15-18-21(16-5-2)23(22)24/h15,18-20,24H,4-14,16-17H2,1-3H3. The van der Waals surface area contributed by atoms with Crippen LogP contribution in [0.4, 0.5) is 0 Å². The maximum absolute atomic E-state index is 10.5. The van der Waals surface area contributed by atoms with Crippen molar-refractivity contribution in [2.24, 2.45) is 0 Å². The highest BCUT2D eigenvalue weighted by molar-refractivity contribution is 5.42. The third kappa shape index (κ3) is 8.22. The van der Waals surface area contributed by atoms with Gasteiger partial charge in [-0.1, -0.05) is 110 Å². The molecule has 1 rings (SSSR count). The highest BCUT2D eigenvalue weighted by Crippen LogP contribution is 2.32. The summed E-state index contributed by atoms with van der Waals surface area (Å²) in [5.41, 5.74) is 2.27. The van der Waals surface area contributed by atoms with Gasteiger partial charge in [0.15, 0.2) is 0 Å². The molecule has 1 unspecified atom stereocenters. The van der Waals surface area contributed by atoms with E-state index in [1.54, 1.807) is 0 Å². The topological polar surface area (TPSA) is 20.2 Å². The first-order valence-corrected chi connectivity index (χ1v) is 10.5. The summed E-state index contributed by atoms with van der Waals surface area (Å²) in [5, 5.41) is 10.5. The van der Waals surface area contributed by atoms with Crippen molar-refractivity contribution in [3.63, 3.8) is 0 Å². The summed E-state index contributed by atoms with van der Waals surface area (Å²) in [7, 11) is 0. The number of rotatable bonds is 14. The average Bonchev–Trinajstić information content (AvgIpc) is 2.58. The third-order valence-corrected chi connectivity index (χ3v) is 5.19. The highest BCUT2D eigenvalue weighted by Gasteiger charge is 2.12. The Morgan fingerprint density at radius 1 is 0.792 bits per heavy atom. The molecule has 1 nitrogen and oxygen atoms in total. The first-order chi connectivity index (χ1) is 11.7. The van der Waals surface area contributed by atoms with Gasteiger partial charge in [-0.15, -0.1) is 0 Å². The summed E-state index contributed by atoms with van der Waals surface area (Å²) in [4.78, 5) is 0. The van der Waals surface area contributed by atoms with Crippen LogP contribution in [-0.2, 0) is 6.42 Å². The number of aromatic hydroxyl groups is 1. The van der Waals surface area contributed by atoms with E-state index >= 15 is 0 Å². The average molecular weight is 333 g/mol. The van der Waals surface area contributed by atoms with E-state index in [1.807, 2.05) is 0 Å². The molecule has 0 amide bonds. The summed E-state index contributed by atoms with van der Waals surface area (Å²) in [5.74, 6) is 1.02. The minimum absolute atomic E-state index is 0.468. The number of hydrogen-bond acceptors (Lipinski definition) is 1. The van der Waals surface area contributed by atoms with Crippen molar-refractivity contribution in [3.05, 3.63) is 29.3 Å². The van der Waals surface area contributed by atoms with Crippen LogP contribution < -0.4 is 0 Å². The molecule has 1 aromatic carbocycles. The molecule has 0 aliphatic heterocycles. The van der Waals surface area contributed by atoms with Crippen molar-refractivity contribution < 1.29 is 5.11 Å². The fraction of sp³-hybridized carbons (Fsp3) is 0.739. The molecule has 0 aliphatic carbocycles. The van der Waals surface area contributed by atoms with E-state index in [4.69, 9.17) is 0 Å². The number of phenolic OH excluding ortho intramolecular Hbond substituents is 1. The van der Waals surface area contributed by atoms with Gasteiger partial charge in [0.2, 0.25) is 0 Å². The molecule has 0 fully saturated rings. The zero-order valence-corrected chi connectivity index (χ0v) is 16.4. The highest BCUT2D eigenvalue weighted by atomic mass is 16.3. The zero-order valence-electron chi connectivity index (χ0n) is 16.4. The molecule has 1 heteroatoms. The van der Waals surface area contributed by atoms with Gasteiger partial charge in [0.1, 0.15) is 5.75 Å². The number of para-hydroxylation sites is 1. The molecule has 24 heavy (non-hydrogen) atoms. The molecule has 0 bridgehead atoms. The van der Waals surface area contributed by atoms with Gasteiger partial charge >= 0.3 is 0 Å². The van der Waals surface area contributed by atoms with Crippen LogP contribution in [0.25, 0.3) is 0 Å². The van der Waals surface area contributed by atoms with Crippen LogP contribution in [0.2, 0.25) is 0 Å². The lowest BCUT2D eigenvalue weighted by Gasteiger charge is -2.16. The van der Waals surface area contributed by atoms with E-state index in [0.717, 1.165) is 24.0 Å². The maximum atomic E-state index is 10.5. The predicted molar refractivity (Wildman–Crippen MR) is 107 cm³/mol. The van der Waals surface area contributed by atoms with Crippen LogP contribution in [0, 0.1) is 0 Å². The Labute approximate surface area is 150 Å². The van der Waals surface area contributed by atoms with Crippen LogP contribution in [0.3, 0.4) is 0 Å². The Hall–Kier alpha value is -0.980. The summed E-state index contributed by atoms with van der Waals surface area (Å²) < 4.78 is 0. The molecule has 1 atom stereocenters. The van der Waals surface area contributed by atoms with Gasteiger partial charge in [-0.3, -0.25) is 0 Å². The van der Waals surface area contributed by atoms with E-state index < -0.39 is 0 Å². The van der Waals surface area contributed by atoms with Crippen molar-refractivity contribution in [1.29, 1.82) is 0 Å². The normalized spacial score (nSPS) is 12.5. The molecule has 0 spiro atoms. The summed E-state index contributed by atoms with van der Waals surface area (Å²) in [6, 6.07) is 6.28. The lowest BCUT2D eigenvalue weighted by molar-refractivity contribution is 0.450. The van der Waals surface area contributed by atoms with Crippen LogP contribution in [-0.4, -0.2) is 5.11 Å². The molecule has 0 radical (unpaired) electrons. The number of aryl methyl sites for hydroxylation is 1. The van der Waals surface area contributed by atoms with Crippen LogP contribution >= 0.6 is 0 Å². The first-order valence-electron chi connectivity index (χ1n) is 10.5. The van der Waals surface area contributed by atoms with Crippen molar-refractivity contribution in [1.82, 2.24) is 0 Å². The molecular weight excluding hydrogens is 292 g/mol. The Bertz CT molecular complexity index is 424. The van der Waals surface area contributed by atoms with Gasteiger partial charge in [0.05, 0.1) is 0 Å². The lowest BCUT2D eigenvalue weighted by atomic mass is 9.91. The van der Waals surface area contributed by atoms with Gasteiger partial charge in [-0.05, 0) is 29.9 Å². The van der Waals surface area contributed by atoms with Crippen LogP contribution in [0.1, 0.15) is 115 Å². The van der Waals surface area contributed by atoms with Crippen LogP contribution in [0.15, 0.2) is 18.2 Å². The number of phenols is 1. The largest absolute Gasteiger partial charge is 0.507 e. The van der Waals surface area contributed by atoms with Crippen LogP contribution in [0.5, 0.6) is 5.75 Å². The number of unbranched alkanes of at least 4 members (excludes halogenated alkanes) is 9. The minimum Gasteiger partial charge on any atom is -0.507 e. The first kappa shape index (κ1) is 21.1. The van der Waals surface area contributed by atoms with E-state index in [0.29, 0.717) is 11.7 Å². The quantitative estimate of drug-likeness (QED) is 0.345. The zero-order chi connectivity index (χ0) is 17.6. The van der Waals surface area contributed by atoms with Gasteiger partial charge in [-0.2, -0.15) is 0 Å². The Morgan fingerprint density at radius 3 is 1.96 bits per heavy atom. The molecule has 1 aromatic rings. The second kappa shape index (κ2) is 13.3. The fourth-order valence-electron chi connectivity index (χ4n) is 3.57. The summed E-state index contributed by atoms with van der Waals surface area (Å²) in [6.07, 6.45) is 17.1. The number of hydrogen-bond donors (Lipinski definition) is 1. The summed E-state index contributed by atoms with van der Waals surface area (Å²) >= 11 is 0. The van der Waals surface area contributed by atoms with Crippen molar-refractivity contribution in [3.8, 4) is 5.75 Å². The van der Waals surface area contributed by atoms with E-state index in [9.17, 15) is 5.11 Å². The summed E-state index contributed by atoms with van der Waals surface area (Å²) in [6.45, 7) is 6.71. The predicted octanol–water partition coefficient (Wildman–Crippen LogP) is 7.76. The van der Waals surface area contributed by atoms with Crippen molar-refractivity contribution in [2.45, 2.75) is 110 Å². The second-order valence-electron chi connectivity index (χ2n) is 7.48. The van der Waals surface area contributed by atoms with Crippen molar-refractivity contribution in [2.75, 3.05) is 0 Å². The molecular formula is C23H40O. The Balaban J connectivity index is 2.16. The second-order valence-corrected chi connectivity index (χ2v) is 7.48. The third-order valence-electron chi connectivity index (χ3n) is 5.19. The van der Waals surface area contributed by atoms with Gasteiger partial charge in [-0.25, -0.2) is 0 Å². The molecule has 138 valence electrons. The molecule has 0 aromatic heterocycles. The number of benzene rings is 1. The van der Waals surface area contributed by atoms with Crippen molar-refractivity contribution >= 4 is 0 Å². The Morgan fingerprint density at radius 2 is 1.38 bits per heavy atom. The SMILES string of the molecule is CCCCCCCCCCCCC(C)c1cccc(CCC)c1O. The molecule has 0 heterocycles. The monoisotopic (exact) mass is 332 g/mol. The molecule has 0 saturated carbocycles. The van der Waals surface area contributed by atoms with Gasteiger partial charge < -0.3 is 5.11 Å². The molecule has 0 aliphatic rings.